The van der Waals surface area contributed by atoms with Gasteiger partial charge in [0.05, 0.1) is 4.90 Å². The molecule has 0 aliphatic heterocycles. The molecule has 1 aliphatic carbocycles. The van der Waals surface area contributed by atoms with Crippen molar-refractivity contribution in [3.63, 3.8) is 0 Å². The molecule has 2 N–H and O–H groups in total. The van der Waals surface area contributed by atoms with E-state index in [4.69, 9.17) is 16.7 Å². The summed E-state index contributed by atoms with van der Waals surface area (Å²) in [5.74, 6) is -0.252. The van der Waals surface area contributed by atoms with E-state index in [0.717, 1.165) is 30.4 Å². The molecule has 0 heterocycles. The van der Waals surface area contributed by atoms with Gasteiger partial charge in [0.2, 0.25) is 10.0 Å². The van der Waals surface area contributed by atoms with Crippen LogP contribution in [0.4, 0.5) is 0 Å². The van der Waals surface area contributed by atoms with E-state index in [1.54, 1.807) is 18.2 Å². The zero-order valence-corrected chi connectivity index (χ0v) is 15.7. The summed E-state index contributed by atoms with van der Waals surface area (Å²) in [6, 6.07) is 11.4. The molecule has 0 saturated heterocycles. The molecular formula is C19H20ClNO4S. The molecule has 0 fully saturated rings. The van der Waals surface area contributed by atoms with Crippen molar-refractivity contribution in [2.75, 3.05) is 13.2 Å². The third-order valence-corrected chi connectivity index (χ3v) is 6.38. The number of rotatable bonds is 6. The van der Waals surface area contributed by atoms with Crippen LogP contribution in [0.15, 0.2) is 47.4 Å². The number of sulfonamides is 1. The smallest absolute Gasteiger partial charge is 0.240 e. The molecule has 7 heteroatoms. The summed E-state index contributed by atoms with van der Waals surface area (Å²) in [6.45, 7) is -0.214. The molecule has 26 heavy (non-hydrogen) atoms. The molecule has 2 aromatic carbocycles. The molecule has 1 atom stereocenters. The van der Waals surface area contributed by atoms with Crippen molar-refractivity contribution in [3.05, 3.63) is 64.2 Å². The number of halogens is 1. The fraction of sp³-hybridized carbons (Fsp3) is 0.316. The zero-order chi connectivity index (χ0) is 18.7. The summed E-state index contributed by atoms with van der Waals surface area (Å²) in [4.78, 5) is 11.8. The van der Waals surface area contributed by atoms with Crippen LogP contribution in [0.5, 0.6) is 0 Å². The number of ketones is 1. The highest BCUT2D eigenvalue weighted by Crippen LogP contribution is 2.32. The first-order chi connectivity index (χ1) is 12.4. The van der Waals surface area contributed by atoms with Crippen LogP contribution in [0.25, 0.3) is 0 Å². The van der Waals surface area contributed by atoms with E-state index in [0.29, 0.717) is 17.1 Å². The predicted octanol–water partition coefficient (Wildman–Crippen LogP) is 2.91. The van der Waals surface area contributed by atoms with E-state index < -0.39 is 16.6 Å². The van der Waals surface area contributed by atoms with Crippen molar-refractivity contribution in [2.24, 2.45) is 0 Å². The standard InChI is InChI=1S/C19H20ClNO4S/c20-16-5-7-17(8-6-16)26(24,25)21-11-15-3-1-2-13-10-14(19(23)12-22)4-9-18(13)15/h4-10,15,21-22H,1-3,11-12H2. The van der Waals surface area contributed by atoms with Crippen LogP contribution in [0, 0.1) is 0 Å². The monoisotopic (exact) mass is 393 g/mol. The fourth-order valence-corrected chi connectivity index (χ4v) is 4.51. The number of fused-ring (bicyclic) bond motifs is 1. The highest BCUT2D eigenvalue weighted by Gasteiger charge is 2.23. The summed E-state index contributed by atoms with van der Waals surface area (Å²) in [5, 5.41) is 9.49. The van der Waals surface area contributed by atoms with Crippen molar-refractivity contribution < 1.29 is 18.3 Å². The fourth-order valence-electron chi connectivity index (χ4n) is 3.30. The maximum atomic E-state index is 12.5. The van der Waals surface area contributed by atoms with Gasteiger partial charge in [-0.3, -0.25) is 4.79 Å². The van der Waals surface area contributed by atoms with E-state index in [9.17, 15) is 13.2 Å². The van der Waals surface area contributed by atoms with Crippen molar-refractivity contribution in [1.82, 2.24) is 4.72 Å². The lowest BCUT2D eigenvalue weighted by molar-refractivity contribution is 0.0903. The third kappa shape index (κ3) is 4.15. The maximum Gasteiger partial charge on any atom is 0.240 e. The predicted molar refractivity (Wildman–Crippen MR) is 100 cm³/mol. The molecule has 1 aliphatic rings. The Morgan fingerprint density at radius 2 is 1.92 bits per heavy atom. The zero-order valence-electron chi connectivity index (χ0n) is 14.1. The minimum atomic E-state index is -3.60. The molecule has 0 aromatic heterocycles. The Morgan fingerprint density at radius 1 is 1.19 bits per heavy atom. The Labute approximate surface area is 158 Å². The highest BCUT2D eigenvalue weighted by molar-refractivity contribution is 7.89. The SMILES string of the molecule is O=C(CO)c1ccc2c(c1)CCCC2CNS(=O)(=O)c1ccc(Cl)cc1. The number of aliphatic hydroxyl groups is 1. The number of Topliss-reactive ketones (excluding diaryl/α,β-unsaturated/α-hetero) is 1. The van der Waals surface area contributed by atoms with Crippen LogP contribution in [-0.2, 0) is 16.4 Å². The normalized spacial score (nSPS) is 16.9. The largest absolute Gasteiger partial charge is 0.388 e. The van der Waals surface area contributed by atoms with Gasteiger partial charge in [0.15, 0.2) is 5.78 Å². The molecule has 0 bridgehead atoms. The van der Waals surface area contributed by atoms with Crippen LogP contribution in [0.3, 0.4) is 0 Å². The van der Waals surface area contributed by atoms with Crippen molar-refractivity contribution in [1.29, 1.82) is 0 Å². The van der Waals surface area contributed by atoms with Crippen LogP contribution in [0.1, 0.15) is 40.2 Å². The third-order valence-electron chi connectivity index (χ3n) is 4.69. The van der Waals surface area contributed by atoms with Gasteiger partial charge in [0.1, 0.15) is 6.61 Å². The average molecular weight is 394 g/mol. The second-order valence-electron chi connectivity index (χ2n) is 6.39. The molecule has 138 valence electrons. The Hall–Kier alpha value is -1.73. The number of aryl methyl sites for hydroxylation is 1. The second-order valence-corrected chi connectivity index (χ2v) is 8.59. The molecule has 1 unspecified atom stereocenters. The number of hydrogen-bond donors (Lipinski definition) is 2. The maximum absolute atomic E-state index is 12.5. The van der Waals surface area contributed by atoms with Gasteiger partial charge in [0, 0.05) is 17.1 Å². The number of carbonyl (C=O) groups excluding carboxylic acids is 1. The van der Waals surface area contributed by atoms with Crippen molar-refractivity contribution >= 4 is 27.4 Å². The minimum Gasteiger partial charge on any atom is -0.388 e. The van der Waals surface area contributed by atoms with Crippen molar-refractivity contribution in [3.8, 4) is 0 Å². The Kier molecular flexibility index (Phi) is 5.77. The molecule has 0 radical (unpaired) electrons. The Bertz CT molecular complexity index is 910. The Morgan fingerprint density at radius 3 is 2.62 bits per heavy atom. The van der Waals surface area contributed by atoms with Gasteiger partial charge in [-0.1, -0.05) is 23.7 Å². The first-order valence-electron chi connectivity index (χ1n) is 8.43. The summed E-state index contributed by atoms with van der Waals surface area (Å²) in [6.07, 6.45) is 2.66. The van der Waals surface area contributed by atoms with Gasteiger partial charge in [-0.05, 0) is 66.6 Å². The van der Waals surface area contributed by atoms with Crippen LogP contribution >= 0.6 is 11.6 Å². The molecular weight excluding hydrogens is 374 g/mol. The first-order valence-corrected chi connectivity index (χ1v) is 10.3. The number of carbonyl (C=O) groups is 1. The molecule has 3 rings (SSSR count). The van der Waals surface area contributed by atoms with Gasteiger partial charge < -0.3 is 5.11 Å². The minimum absolute atomic E-state index is 0.0547. The van der Waals surface area contributed by atoms with Gasteiger partial charge in [0.25, 0.3) is 0 Å². The second kappa shape index (κ2) is 7.88. The topological polar surface area (TPSA) is 83.5 Å². The quantitative estimate of drug-likeness (QED) is 0.739. The number of aliphatic hydroxyl groups excluding tert-OH is 1. The lowest BCUT2D eigenvalue weighted by Crippen LogP contribution is -2.30. The summed E-state index contributed by atoms with van der Waals surface area (Å²) in [5.41, 5.74) is 2.60. The van der Waals surface area contributed by atoms with Crippen molar-refractivity contribution in [2.45, 2.75) is 30.1 Å². The van der Waals surface area contributed by atoms with E-state index >= 15 is 0 Å². The number of hydrogen-bond acceptors (Lipinski definition) is 4. The lowest BCUT2D eigenvalue weighted by atomic mass is 9.82. The van der Waals surface area contributed by atoms with Gasteiger partial charge in [-0.2, -0.15) is 0 Å². The molecule has 2 aromatic rings. The van der Waals surface area contributed by atoms with Crippen LogP contribution < -0.4 is 4.72 Å². The van der Waals surface area contributed by atoms with E-state index in [1.807, 2.05) is 12.1 Å². The average Bonchev–Trinajstić information content (AvgIpc) is 2.65. The first kappa shape index (κ1) is 19.0. The van der Waals surface area contributed by atoms with E-state index in [-0.39, 0.29) is 16.6 Å². The molecule has 0 amide bonds. The number of benzene rings is 2. The van der Waals surface area contributed by atoms with Gasteiger partial charge in [-0.25, -0.2) is 13.1 Å². The Balaban J connectivity index is 1.76. The summed E-state index contributed by atoms with van der Waals surface area (Å²) in [7, 11) is -3.60. The molecule has 0 saturated carbocycles. The summed E-state index contributed by atoms with van der Waals surface area (Å²) >= 11 is 5.81. The number of nitrogens with one attached hydrogen (secondary N) is 1. The molecule has 0 spiro atoms. The van der Waals surface area contributed by atoms with Crippen LogP contribution in [-0.4, -0.2) is 32.5 Å². The van der Waals surface area contributed by atoms with Crippen LogP contribution in [0.2, 0.25) is 5.02 Å². The van der Waals surface area contributed by atoms with E-state index in [2.05, 4.69) is 4.72 Å². The van der Waals surface area contributed by atoms with E-state index in [1.165, 1.54) is 12.1 Å². The summed E-state index contributed by atoms with van der Waals surface area (Å²) < 4.78 is 27.6. The van der Waals surface area contributed by atoms with Gasteiger partial charge in [-0.15, -0.1) is 0 Å². The lowest BCUT2D eigenvalue weighted by Gasteiger charge is -2.26. The molecule has 5 nitrogen and oxygen atoms in total. The highest BCUT2D eigenvalue weighted by atomic mass is 35.5. The van der Waals surface area contributed by atoms with Gasteiger partial charge >= 0.3 is 0 Å².